The average molecular weight is 252 g/mol. The van der Waals surface area contributed by atoms with Gasteiger partial charge >= 0.3 is 0 Å². The zero-order valence-corrected chi connectivity index (χ0v) is 10.7. The third-order valence-electron chi connectivity index (χ3n) is 3.89. The summed E-state index contributed by atoms with van der Waals surface area (Å²) in [5.41, 5.74) is 5.14. The van der Waals surface area contributed by atoms with E-state index >= 15 is 0 Å². The van der Waals surface area contributed by atoms with Gasteiger partial charge in [0.2, 0.25) is 0 Å². The Morgan fingerprint density at radius 3 is 1.68 bits per heavy atom. The van der Waals surface area contributed by atoms with Crippen molar-refractivity contribution in [3.8, 4) is 0 Å². The van der Waals surface area contributed by atoms with E-state index in [1.807, 2.05) is 10.1 Å². The summed E-state index contributed by atoms with van der Waals surface area (Å²) in [6.45, 7) is 1.86. The van der Waals surface area contributed by atoms with Crippen molar-refractivity contribution >= 4 is 11.4 Å². The molecule has 0 spiro atoms. The third-order valence-corrected chi connectivity index (χ3v) is 3.89. The minimum atomic E-state index is 0.929. The van der Waals surface area contributed by atoms with E-state index in [-0.39, 0.29) is 0 Å². The molecule has 2 aliphatic heterocycles. The van der Waals surface area contributed by atoms with Gasteiger partial charge in [0, 0.05) is 0 Å². The molecule has 0 bridgehead atoms. The monoisotopic (exact) mass is 252 g/mol. The lowest BCUT2D eigenvalue weighted by Gasteiger charge is -2.26. The maximum Gasteiger partial charge on any atom is 0.0693 e. The van der Waals surface area contributed by atoms with Gasteiger partial charge in [-0.2, -0.15) is 4.94 Å². The van der Waals surface area contributed by atoms with Crippen LogP contribution in [0.1, 0.15) is 11.1 Å². The quantitative estimate of drug-likeness (QED) is 0.817. The Morgan fingerprint density at radius 1 is 0.684 bits per heavy atom. The highest BCUT2D eigenvalue weighted by atomic mass is 16.8. The van der Waals surface area contributed by atoms with Crippen molar-refractivity contribution in [3.63, 3.8) is 0 Å². The van der Waals surface area contributed by atoms with Crippen LogP contribution in [0.15, 0.2) is 48.5 Å². The van der Waals surface area contributed by atoms with Crippen LogP contribution in [0.2, 0.25) is 0 Å². The second-order valence-electron chi connectivity index (χ2n) is 5.04. The Kier molecular flexibility index (Phi) is 2.45. The molecule has 0 unspecified atom stereocenters. The van der Waals surface area contributed by atoms with E-state index < -0.39 is 0 Å². The molecule has 0 atom stereocenters. The Balaban J connectivity index is 1.58. The topological polar surface area (TPSA) is 15.7 Å². The summed E-state index contributed by atoms with van der Waals surface area (Å²) in [6, 6.07) is 16.9. The van der Waals surface area contributed by atoms with Crippen LogP contribution in [0, 0.1) is 0 Å². The van der Waals surface area contributed by atoms with Gasteiger partial charge in [0.25, 0.3) is 0 Å². The summed E-state index contributed by atoms with van der Waals surface area (Å²) in [6.07, 6.45) is 2.12. The lowest BCUT2D eigenvalue weighted by molar-refractivity contribution is 0.0930. The van der Waals surface area contributed by atoms with Crippen LogP contribution in [-0.4, -0.2) is 13.1 Å². The molecule has 0 radical (unpaired) electrons. The first kappa shape index (κ1) is 10.9. The Labute approximate surface area is 112 Å². The predicted molar refractivity (Wildman–Crippen MR) is 76.1 cm³/mol. The van der Waals surface area contributed by atoms with Gasteiger partial charge in [-0.25, -0.2) is 10.1 Å². The molecule has 0 aromatic heterocycles. The number of hydrogen-bond donors (Lipinski definition) is 0. The fourth-order valence-corrected chi connectivity index (χ4v) is 2.90. The van der Waals surface area contributed by atoms with Crippen molar-refractivity contribution in [2.45, 2.75) is 12.8 Å². The summed E-state index contributed by atoms with van der Waals surface area (Å²) in [5.74, 6) is 0. The molecule has 96 valence electrons. The van der Waals surface area contributed by atoms with Crippen LogP contribution in [0.4, 0.5) is 11.4 Å². The van der Waals surface area contributed by atoms with E-state index in [1.165, 1.54) is 22.5 Å². The summed E-state index contributed by atoms with van der Waals surface area (Å²) < 4.78 is 0. The van der Waals surface area contributed by atoms with Crippen molar-refractivity contribution in [1.29, 1.82) is 0 Å². The number of para-hydroxylation sites is 2. The van der Waals surface area contributed by atoms with Crippen LogP contribution in [-0.2, 0) is 17.8 Å². The molecule has 0 aliphatic carbocycles. The van der Waals surface area contributed by atoms with Crippen LogP contribution in [0.5, 0.6) is 0 Å². The van der Waals surface area contributed by atoms with Crippen molar-refractivity contribution in [2.24, 2.45) is 0 Å². The second-order valence-corrected chi connectivity index (χ2v) is 5.04. The van der Waals surface area contributed by atoms with E-state index in [0.29, 0.717) is 0 Å². The molecule has 0 amide bonds. The normalized spacial score (nSPS) is 16.6. The van der Waals surface area contributed by atoms with Crippen LogP contribution in [0.25, 0.3) is 0 Å². The number of rotatable bonds is 2. The molecule has 0 N–H and O–H groups in total. The first-order valence-electron chi connectivity index (χ1n) is 6.81. The van der Waals surface area contributed by atoms with Gasteiger partial charge in [0.05, 0.1) is 24.5 Å². The molecule has 3 heteroatoms. The van der Waals surface area contributed by atoms with Gasteiger partial charge in [-0.1, -0.05) is 36.4 Å². The Bertz CT molecular complexity index is 558. The minimum absolute atomic E-state index is 0.929. The molecule has 0 saturated carbocycles. The van der Waals surface area contributed by atoms with Gasteiger partial charge < -0.3 is 0 Å². The first-order valence-corrected chi connectivity index (χ1v) is 6.81. The summed E-state index contributed by atoms with van der Waals surface area (Å²) in [5, 5.41) is 4.02. The highest BCUT2D eigenvalue weighted by Gasteiger charge is 2.25. The number of anilines is 2. The van der Waals surface area contributed by atoms with Gasteiger partial charge in [0.15, 0.2) is 0 Å². The van der Waals surface area contributed by atoms with Crippen LogP contribution in [0.3, 0.4) is 0 Å². The number of nitrogens with zero attached hydrogens (tertiary/aromatic N) is 2. The average Bonchev–Trinajstić information content (AvgIpc) is 3.05. The van der Waals surface area contributed by atoms with Crippen LogP contribution >= 0.6 is 0 Å². The number of hydrogen-bond acceptors (Lipinski definition) is 3. The lowest BCUT2D eigenvalue weighted by Crippen LogP contribution is -2.33. The molecule has 4 rings (SSSR count). The molecule has 2 aromatic rings. The maximum atomic E-state index is 6.09. The van der Waals surface area contributed by atoms with Crippen molar-refractivity contribution in [2.75, 3.05) is 23.2 Å². The largest absolute Gasteiger partial charge is 0.229 e. The standard InChI is InChI=1S/C16H16N2O/c1-3-7-15-13(5-1)9-11-17(15)19-18-12-10-14-6-2-4-8-16(14)18/h1-8H,9-12H2. The van der Waals surface area contributed by atoms with E-state index in [0.717, 1.165) is 25.9 Å². The predicted octanol–water partition coefficient (Wildman–Crippen LogP) is 2.96. The van der Waals surface area contributed by atoms with Crippen molar-refractivity contribution in [3.05, 3.63) is 59.7 Å². The molecule has 2 heterocycles. The molecular weight excluding hydrogens is 236 g/mol. The fourth-order valence-electron chi connectivity index (χ4n) is 2.90. The van der Waals surface area contributed by atoms with Gasteiger partial charge in [-0.3, -0.25) is 0 Å². The minimum Gasteiger partial charge on any atom is -0.229 e. The molecule has 2 aromatic carbocycles. The van der Waals surface area contributed by atoms with Gasteiger partial charge in [-0.05, 0) is 36.1 Å². The molecule has 19 heavy (non-hydrogen) atoms. The number of fused-ring (bicyclic) bond motifs is 2. The molecule has 2 aliphatic rings. The maximum absolute atomic E-state index is 6.09. The zero-order valence-electron chi connectivity index (χ0n) is 10.7. The zero-order chi connectivity index (χ0) is 12.7. The second kappa shape index (κ2) is 4.28. The smallest absolute Gasteiger partial charge is 0.0693 e. The summed E-state index contributed by atoms with van der Waals surface area (Å²) in [7, 11) is 0. The van der Waals surface area contributed by atoms with Gasteiger partial charge in [-0.15, -0.1) is 0 Å². The molecule has 0 saturated heterocycles. The van der Waals surface area contributed by atoms with Crippen molar-refractivity contribution in [1.82, 2.24) is 0 Å². The lowest BCUT2D eigenvalue weighted by atomic mass is 10.2. The third kappa shape index (κ3) is 1.78. The van der Waals surface area contributed by atoms with E-state index in [2.05, 4.69) is 48.5 Å². The summed E-state index contributed by atoms with van der Waals surface area (Å²) in [4.78, 5) is 6.09. The van der Waals surface area contributed by atoms with Crippen molar-refractivity contribution < 1.29 is 4.94 Å². The Hall–Kier alpha value is -2.00. The summed E-state index contributed by atoms with van der Waals surface area (Å²) >= 11 is 0. The number of benzene rings is 2. The highest BCUT2D eigenvalue weighted by molar-refractivity contribution is 5.58. The van der Waals surface area contributed by atoms with E-state index in [1.54, 1.807) is 0 Å². The van der Waals surface area contributed by atoms with Gasteiger partial charge in [0.1, 0.15) is 0 Å². The SMILES string of the molecule is c1ccc2c(c1)CCN2ON1CCc2ccccc21. The first-order chi connectivity index (χ1) is 9.42. The van der Waals surface area contributed by atoms with Crippen LogP contribution < -0.4 is 10.1 Å². The van der Waals surface area contributed by atoms with E-state index in [9.17, 15) is 0 Å². The van der Waals surface area contributed by atoms with E-state index in [4.69, 9.17) is 4.94 Å². The molecule has 0 fully saturated rings. The fraction of sp³-hybridized carbons (Fsp3) is 0.250. The molecular formula is C16H16N2O. The highest BCUT2D eigenvalue weighted by Crippen LogP contribution is 2.32. The number of hydroxylamine groups is 2. The molecule has 3 nitrogen and oxygen atoms in total. The Morgan fingerprint density at radius 2 is 1.16 bits per heavy atom.